The molecule has 2 unspecified atom stereocenters. The maximum atomic E-state index is 4.29. The fourth-order valence-corrected chi connectivity index (χ4v) is 2.98. The van der Waals surface area contributed by atoms with Crippen molar-refractivity contribution in [2.75, 3.05) is 18.4 Å². The lowest BCUT2D eigenvalue weighted by Gasteiger charge is -2.32. The SMILES string of the molecule is c1cnc(NC2CCN3CCCCC23)cn1. The van der Waals surface area contributed by atoms with E-state index in [9.17, 15) is 0 Å². The zero-order valence-electron chi connectivity index (χ0n) is 9.47. The van der Waals surface area contributed by atoms with Crippen molar-refractivity contribution >= 4 is 5.82 Å². The van der Waals surface area contributed by atoms with Crippen LogP contribution >= 0.6 is 0 Å². The molecule has 2 atom stereocenters. The standard InChI is InChI=1S/C12H18N4/c1-2-7-16-8-4-10(11(16)3-1)15-12-9-13-5-6-14-12/h5-6,9-11H,1-4,7-8H2,(H,14,15). The van der Waals surface area contributed by atoms with E-state index in [1.165, 1.54) is 38.8 Å². The number of hydrogen-bond acceptors (Lipinski definition) is 4. The molecule has 2 aliphatic rings. The van der Waals surface area contributed by atoms with Crippen molar-refractivity contribution in [1.82, 2.24) is 14.9 Å². The molecule has 2 fully saturated rings. The van der Waals surface area contributed by atoms with E-state index in [-0.39, 0.29) is 0 Å². The van der Waals surface area contributed by atoms with Crippen molar-refractivity contribution < 1.29 is 0 Å². The van der Waals surface area contributed by atoms with Gasteiger partial charge in [0, 0.05) is 31.0 Å². The molecule has 0 saturated carbocycles. The molecule has 0 aliphatic carbocycles. The highest BCUT2D eigenvalue weighted by molar-refractivity contribution is 5.32. The van der Waals surface area contributed by atoms with Gasteiger partial charge in [0.15, 0.2) is 0 Å². The van der Waals surface area contributed by atoms with Crippen molar-refractivity contribution in [2.45, 2.75) is 37.8 Å². The van der Waals surface area contributed by atoms with E-state index in [0.29, 0.717) is 6.04 Å². The third-order valence-corrected chi connectivity index (χ3v) is 3.75. The predicted molar refractivity (Wildman–Crippen MR) is 63.3 cm³/mol. The Labute approximate surface area is 96.1 Å². The van der Waals surface area contributed by atoms with Crippen LogP contribution in [0.1, 0.15) is 25.7 Å². The van der Waals surface area contributed by atoms with Gasteiger partial charge < -0.3 is 5.32 Å². The second-order valence-electron chi connectivity index (χ2n) is 4.73. The lowest BCUT2D eigenvalue weighted by atomic mass is 9.99. The number of hydrogen-bond donors (Lipinski definition) is 1. The van der Waals surface area contributed by atoms with Crippen molar-refractivity contribution in [3.05, 3.63) is 18.6 Å². The molecule has 4 nitrogen and oxygen atoms in total. The minimum absolute atomic E-state index is 0.567. The summed E-state index contributed by atoms with van der Waals surface area (Å²) in [6.07, 6.45) is 10.6. The first-order valence-electron chi connectivity index (χ1n) is 6.20. The molecule has 0 aromatic carbocycles. The maximum absolute atomic E-state index is 4.29. The molecule has 2 aliphatic heterocycles. The summed E-state index contributed by atoms with van der Waals surface area (Å²) in [5.74, 6) is 0.917. The van der Waals surface area contributed by atoms with Crippen LogP contribution in [0.4, 0.5) is 5.82 Å². The summed E-state index contributed by atoms with van der Waals surface area (Å²) in [5, 5.41) is 3.52. The van der Waals surface area contributed by atoms with E-state index in [1.54, 1.807) is 12.4 Å². The summed E-state index contributed by atoms with van der Waals surface area (Å²) < 4.78 is 0. The van der Waals surface area contributed by atoms with Gasteiger partial charge in [0.25, 0.3) is 0 Å². The highest BCUT2D eigenvalue weighted by atomic mass is 15.2. The Hall–Kier alpha value is -1.16. The van der Waals surface area contributed by atoms with Gasteiger partial charge in [0.05, 0.1) is 6.20 Å². The van der Waals surface area contributed by atoms with Crippen LogP contribution in [0.2, 0.25) is 0 Å². The molecule has 3 rings (SSSR count). The molecule has 0 radical (unpaired) electrons. The summed E-state index contributed by atoms with van der Waals surface area (Å²) in [5.41, 5.74) is 0. The van der Waals surface area contributed by atoms with E-state index >= 15 is 0 Å². The highest BCUT2D eigenvalue weighted by Crippen LogP contribution is 2.28. The molecule has 1 aromatic heterocycles. The van der Waals surface area contributed by atoms with Gasteiger partial charge in [-0.05, 0) is 25.8 Å². The van der Waals surface area contributed by atoms with Crippen LogP contribution in [0.5, 0.6) is 0 Å². The van der Waals surface area contributed by atoms with Crippen molar-refractivity contribution in [3.63, 3.8) is 0 Å². The second kappa shape index (κ2) is 4.37. The van der Waals surface area contributed by atoms with Crippen LogP contribution in [-0.4, -0.2) is 40.0 Å². The summed E-state index contributed by atoms with van der Waals surface area (Å²) in [4.78, 5) is 11.0. The molecule has 1 aromatic rings. The monoisotopic (exact) mass is 218 g/mol. The molecule has 0 spiro atoms. The number of nitrogens with zero attached hydrogens (tertiary/aromatic N) is 3. The summed E-state index contributed by atoms with van der Waals surface area (Å²) in [7, 11) is 0. The van der Waals surface area contributed by atoms with Gasteiger partial charge >= 0.3 is 0 Å². The Bertz CT molecular complexity index is 340. The molecular weight excluding hydrogens is 200 g/mol. The lowest BCUT2D eigenvalue weighted by molar-refractivity contribution is 0.192. The molecule has 0 bridgehead atoms. The third-order valence-electron chi connectivity index (χ3n) is 3.75. The smallest absolute Gasteiger partial charge is 0.144 e. The Kier molecular flexibility index (Phi) is 2.74. The summed E-state index contributed by atoms with van der Waals surface area (Å²) >= 11 is 0. The van der Waals surface area contributed by atoms with Crippen LogP contribution in [0.25, 0.3) is 0 Å². The van der Waals surface area contributed by atoms with Gasteiger partial charge in [-0.1, -0.05) is 6.42 Å². The summed E-state index contributed by atoms with van der Waals surface area (Å²) in [6.45, 7) is 2.52. The van der Waals surface area contributed by atoms with Crippen molar-refractivity contribution in [2.24, 2.45) is 0 Å². The first kappa shape index (κ1) is 10.0. The van der Waals surface area contributed by atoms with Crippen molar-refractivity contribution in [3.8, 4) is 0 Å². The zero-order chi connectivity index (χ0) is 10.8. The molecule has 1 N–H and O–H groups in total. The number of aromatic nitrogens is 2. The van der Waals surface area contributed by atoms with E-state index < -0.39 is 0 Å². The van der Waals surface area contributed by atoms with Crippen LogP contribution < -0.4 is 5.32 Å². The number of fused-ring (bicyclic) bond motifs is 1. The topological polar surface area (TPSA) is 41.1 Å². The number of anilines is 1. The molecule has 0 amide bonds. The first-order chi connectivity index (χ1) is 7.93. The fourth-order valence-electron chi connectivity index (χ4n) is 2.98. The predicted octanol–water partition coefficient (Wildman–Crippen LogP) is 1.52. The van der Waals surface area contributed by atoms with Gasteiger partial charge in [0.2, 0.25) is 0 Å². The summed E-state index contributed by atoms with van der Waals surface area (Å²) in [6, 6.07) is 1.28. The molecule has 16 heavy (non-hydrogen) atoms. The van der Waals surface area contributed by atoms with Gasteiger partial charge in [-0.3, -0.25) is 9.88 Å². The Morgan fingerprint density at radius 1 is 1.19 bits per heavy atom. The lowest BCUT2D eigenvalue weighted by Crippen LogP contribution is -2.41. The minimum Gasteiger partial charge on any atom is -0.364 e. The third kappa shape index (κ3) is 1.89. The largest absolute Gasteiger partial charge is 0.364 e. The highest BCUT2D eigenvalue weighted by Gasteiger charge is 2.35. The average molecular weight is 218 g/mol. The second-order valence-corrected chi connectivity index (χ2v) is 4.73. The fraction of sp³-hybridized carbons (Fsp3) is 0.667. The Morgan fingerprint density at radius 3 is 3.06 bits per heavy atom. The van der Waals surface area contributed by atoms with Crippen LogP contribution in [-0.2, 0) is 0 Å². The molecular formula is C12H18N4. The number of piperidine rings is 1. The number of nitrogens with one attached hydrogen (secondary N) is 1. The molecule has 2 saturated heterocycles. The van der Waals surface area contributed by atoms with Gasteiger partial charge in [-0.2, -0.15) is 0 Å². The van der Waals surface area contributed by atoms with E-state index in [1.807, 2.05) is 6.20 Å². The average Bonchev–Trinajstić information content (AvgIpc) is 2.74. The zero-order valence-corrected chi connectivity index (χ0v) is 9.47. The number of rotatable bonds is 2. The van der Waals surface area contributed by atoms with Gasteiger partial charge in [-0.15, -0.1) is 0 Å². The maximum Gasteiger partial charge on any atom is 0.144 e. The van der Waals surface area contributed by atoms with Crippen molar-refractivity contribution in [1.29, 1.82) is 0 Å². The molecule has 4 heteroatoms. The van der Waals surface area contributed by atoms with E-state index in [2.05, 4.69) is 20.2 Å². The van der Waals surface area contributed by atoms with Gasteiger partial charge in [-0.25, -0.2) is 4.98 Å². The van der Waals surface area contributed by atoms with Crippen LogP contribution in [0, 0.1) is 0 Å². The molecule has 3 heterocycles. The Balaban J connectivity index is 1.67. The minimum atomic E-state index is 0.567. The van der Waals surface area contributed by atoms with Crippen LogP contribution in [0.3, 0.4) is 0 Å². The van der Waals surface area contributed by atoms with E-state index in [0.717, 1.165) is 11.9 Å². The van der Waals surface area contributed by atoms with E-state index in [4.69, 9.17) is 0 Å². The Morgan fingerprint density at radius 2 is 2.19 bits per heavy atom. The van der Waals surface area contributed by atoms with Gasteiger partial charge in [0.1, 0.15) is 5.82 Å². The quantitative estimate of drug-likeness (QED) is 0.817. The first-order valence-corrected chi connectivity index (χ1v) is 6.20. The molecule has 86 valence electrons. The van der Waals surface area contributed by atoms with Crippen LogP contribution in [0.15, 0.2) is 18.6 Å². The normalized spacial score (nSPS) is 30.0.